The molecule has 0 aliphatic carbocycles. The minimum absolute atomic E-state index is 0.258. The molecule has 0 aromatic heterocycles. The van der Waals surface area contributed by atoms with Crippen LogP contribution in [0.4, 0.5) is 10.5 Å². The number of ether oxygens (including phenoxy) is 1. The van der Waals surface area contributed by atoms with Crippen molar-refractivity contribution in [2.45, 2.75) is 92.0 Å². The molecule has 0 aliphatic rings. The van der Waals surface area contributed by atoms with Crippen molar-refractivity contribution in [1.29, 1.82) is 0 Å². The predicted octanol–water partition coefficient (Wildman–Crippen LogP) is 7.26. The van der Waals surface area contributed by atoms with Crippen molar-refractivity contribution in [2.24, 2.45) is 5.92 Å². The predicted molar refractivity (Wildman–Crippen MR) is 166 cm³/mol. The maximum atomic E-state index is 14.4. The van der Waals surface area contributed by atoms with Crippen LogP contribution in [0.15, 0.2) is 66.7 Å². The van der Waals surface area contributed by atoms with Gasteiger partial charge in [0.25, 0.3) is 5.91 Å². The van der Waals surface area contributed by atoms with Crippen LogP contribution < -0.4 is 10.6 Å². The Kier molecular flexibility index (Phi) is 9.85. The highest BCUT2D eigenvalue weighted by atomic mass is 16.6. The van der Waals surface area contributed by atoms with Gasteiger partial charge in [0.2, 0.25) is 5.91 Å². The molecule has 2 atom stereocenters. The summed E-state index contributed by atoms with van der Waals surface area (Å²) in [6.45, 7) is 16.8. The third-order valence-corrected chi connectivity index (χ3v) is 6.79. The zero-order chi connectivity index (χ0) is 30.5. The molecule has 0 heterocycles. The number of amides is 3. The summed E-state index contributed by atoms with van der Waals surface area (Å²) >= 11 is 0. The summed E-state index contributed by atoms with van der Waals surface area (Å²) in [6, 6.07) is 19.6. The first kappa shape index (κ1) is 31.7. The molecule has 0 saturated carbocycles. The lowest BCUT2D eigenvalue weighted by Gasteiger charge is -2.43. The summed E-state index contributed by atoms with van der Waals surface area (Å²) in [5, 5.41) is 7.90. The quantitative estimate of drug-likeness (QED) is 0.304. The highest BCUT2D eigenvalue weighted by Gasteiger charge is 2.42. The van der Waals surface area contributed by atoms with Crippen LogP contribution in [0.3, 0.4) is 0 Å². The van der Waals surface area contributed by atoms with Crippen molar-refractivity contribution in [2.75, 3.05) is 5.32 Å². The second-order valence-electron chi connectivity index (χ2n) is 12.8. The highest BCUT2D eigenvalue weighted by molar-refractivity contribution is 6.00. The lowest BCUT2D eigenvalue weighted by molar-refractivity contribution is -0.147. The van der Waals surface area contributed by atoms with E-state index in [4.69, 9.17) is 4.74 Å². The van der Waals surface area contributed by atoms with E-state index in [1.54, 1.807) is 25.7 Å². The van der Waals surface area contributed by atoms with Gasteiger partial charge in [-0.05, 0) is 87.9 Å². The van der Waals surface area contributed by atoms with E-state index in [0.717, 1.165) is 22.8 Å². The first-order valence-corrected chi connectivity index (χ1v) is 14.3. The van der Waals surface area contributed by atoms with Gasteiger partial charge in [-0.25, -0.2) is 4.79 Å². The van der Waals surface area contributed by atoms with Crippen molar-refractivity contribution in [3.05, 3.63) is 77.9 Å². The normalized spacial score (nSPS) is 13.4. The van der Waals surface area contributed by atoms with Crippen LogP contribution in [-0.2, 0) is 20.7 Å². The zero-order valence-corrected chi connectivity index (χ0v) is 25.9. The molecule has 7 heteroatoms. The number of nitrogens with one attached hydrogen (secondary N) is 2. The molecule has 220 valence electrons. The van der Waals surface area contributed by atoms with Gasteiger partial charge in [0.15, 0.2) is 0 Å². The Morgan fingerprint density at radius 1 is 0.854 bits per heavy atom. The number of carbonyl (C=O) groups excluding carboxylic acids is 3. The van der Waals surface area contributed by atoms with Gasteiger partial charge in [0.1, 0.15) is 17.7 Å². The minimum Gasteiger partial charge on any atom is -0.444 e. The zero-order valence-electron chi connectivity index (χ0n) is 25.9. The Morgan fingerprint density at radius 3 is 2.00 bits per heavy atom. The number of rotatable bonds is 8. The molecule has 0 saturated heterocycles. The molecule has 3 amide bonds. The molecule has 3 rings (SSSR count). The van der Waals surface area contributed by atoms with E-state index in [1.807, 2.05) is 101 Å². The van der Waals surface area contributed by atoms with Gasteiger partial charge in [-0.1, -0.05) is 75.4 Å². The van der Waals surface area contributed by atoms with Crippen LogP contribution in [0, 0.1) is 5.92 Å². The average Bonchev–Trinajstić information content (AvgIpc) is 2.88. The number of carbonyl (C=O) groups is 3. The fourth-order valence-electron chi connectivity index (χ4n) is 4.77. The van der Waals surface area contributed by atoms with Gasteiger partial charge in [-0.2, -0.15) is 0 Å². The summed E-state index contributed by atoms with van der Waals surface area (Å²) in [4.78, 5) is 42.9. The topological polar surface area (TPSA) is 87.7 Å². The van der Waals surface area contributed by atoms with Crippen molar-refractivity contribution in [3.63, 3.8) is 0 Å². The smallest absolute Gasteiger partial charge is 0.408 e. The molecular formula is C34H45N3O4. The summed E-state index contributed by atoms with van der Waals surface area (Å²) in [6.07, 6.45) is 0.175. The molecule has 0 bridgehead atoms. The second kappa shape index (κ2) is 12.8. The number of hydrogen-bond acceptors (Lipinski definition) is 4. The maximum absolute atomic E-state index is 14.4. The van der Waals surface area contributed by atoms with Crippen molar-refractivity contribution in [1.82, 2.24) is 10.2 Å². The van der Waals surface area contributed by atoms with Crippen LogP contribution in [0.25, 0.3) is 10.8 Å². The highest BCUT2D eigenvalue weighted by Crippen LogP contribution is 2.32. The molecule has 3 aromatic rings. The van der Waals surface area contributed by atoms with Crippen molar-refractivity contribution in [3.8, 4) is 0 Å². The van der Waals surface area contributed by atoms with Gasteiger partial charge in [-0.15, -0.1) is 0 Å². The summed E-state index contributed by atoms with van der Waals surface area (Å²) in [5.41, 5.74) is 0.958. The van der Waals surface area contributed by atoms with E-state index in [1.165, 1.54) is 0 Å². The molecule has 2 unspecified atom stereocenters. The van der Waals surface area contributed by atoms with Gasteiger partial charge in [0.05, 0.1) is 0 Å². The number of aryl methyl sites for hydroxylation is 1. The number of anilines is 1. The van der Waals surface area contributed by atoms with Gasteiger partial charge < -0.3 is 20.3 Å². The second-order valence-corrected chi connectivity index (χ2v) is 12.8. The molecular weight excluding hydrogens is 514 g/mol. The monoisotopic (exact) mass is 559 g/mol. The van der Waals surface area contributed by atoms with E-state index < -0.39 is 29.3 Å². The average molecular weight is 560 g/mol. The number of alkyl carbamates (subject to hydrolysis) is 1. The molecule has 7 nitrogen and oxygen atoms in total. The minimum atomic E-state index is -0.957. The Bertz CT molecular complexity index is 1370. The molecule has 0 spiro atoms. The van der Waals surface area contributed by atoms with Gasteiger partial charge in [-0.3, -0.25) is 9.59 Å². The molecule has 41 heavy (non-hydrogen) atoms. The van der Waals surface area contributed by atoms with E-state index in [0.29, 0.717) is 11.3 Å². The Labute approximate surface area is 244 Å². The summed E-state index contributed by atoms with van der Waals surface area (Å²) in [5.74, 6) is -0.962. The van der Waals surface area contributed by atoms with Crippen LogP contribution in [0.5, 0.6) is 0 Å². The molecule has 3 aromatic carbocycles. The first-order valence-electron chi connectivity index (χ1n) is 14.3. The maximum Gasteiger partial charge on any atom is 0.408 e. The van der Waals surface area contributed by atoms with Crippen LogP contribution in [0.2, 0.25) is 0 Å². The fraction of sp³-hybridized carbons (Fsp3) is 0.441. The van der Waals surface area contributed by atoms with Crippen molar-refractivity contribution < 1.29 is 19.1 Å². The van der Waals surface area contributed by atoms with E-state index in [2.05, 4.69) is 17.6 Å². The Balaban J connectivity index is 2.07. The Morgan fingerprint density at radius 2 is 1.46 bits per heavy atom. The number of benzene rings is 3. The van der Waals surface area contributed by atoms with Crippen molar-refractivity contribution >= 4 is 34.4 Å². The van der Waals surface area contributed by atoms with Crippen LogP contribution in [-0.4, -0.2) is 40.0 Å². The third-order valence-electron chi connectivity index (χ3n) is 6.79. The number of fused-ring (bicyclic) bond motifs is 1. The number of nitrogens with zero attached hydrogens (tertiary/aromatic N) is 1. The van der Waals surface area contributed by atoms with E-state index in [9.17, 15) is 14.4 Å². The molecule has 2 N–H and O–H groups in total. The van der Waals surface area contributed by atoms with Gasteiger partial charge >= 0.3 is 6.09 Å². The Hall–Kier alpha value is -3.87. The molecule has 0 fully saturated rings. The summed E-state index contributed by atoms with van der Waals surface area (Å²) in [7, 11) is 0. The number of hydrogen-bond donors (Lipinski definition) is 2. The van der Waals surface area contributed by atoms with Gasteiger partial charge in [0, 0.05) is 11.2 Å². The lowest BCUT2D eigenvalue weighted by Crippen LogP contribution is -2.59. The molecule has 0 aliphatic heterocycles. The lowest BCUT2D eigenvalue weighted by atomic mass is 9.92. The standard InChI is InChI=1S/C34H45N3O4/c1-10-23-15-17-25(18-16-23)29(30(38)35-27-20-19-24-13-11-12-14-26(24)21-27)37(33(4,5)6)31(39)28(22(2)3)36-32(40)41-34(7,8)9/h11-22,28-29H,10H2,1-9H3,(H,35,38)(H,36,40). The van der Waals surface area contributed by atoms with Crippen LogP contribution in [0.1, 0.15) is 79.5 Å². The summed E-state index contributed by atoms with van der Waals surface area (Å²) < 4.78 is 5.47. The van der Waals surface area contributed by atoms with Crippen LogP contribution >= 0.6 is 0 Å². The largest absolute Gasteiger partial charge is 0.444 e. The van der Waals surface area contributed by atoms with E-state index in [-0.39, 0.29) is 17.7 Å². The first-order chi connectivity index (χ1) is 19.1. The molecule has 0 radical (unpaired) electrons. The third kappa shape index (κ3) is 8.32. The van der Waals surface area contributed by atoms with E-state index >= 15 is 0 Å². The fourth-order valence-corrected chi connectivity index (χ4v) is 4.77. The SMILES string of the molecule is CCc1ccc(C(C(=O)Nc2ccc3ccccc3c2)N(C(=O)C(NC(=O)OC(C)(C)C)C(C)C)C(C)(C)C)cc1.